The van der Waals surface area contributed by atoms with Crippen molar-refractivity contribution >= 4 is 23.2 Å². The van der Waals surface area contributed by atoms with E-state index < -0.39 is 10.9 Å². The molecule has 1 N–H and O–H groups in total. The van der Waals surface area contributed by atoms with Crippen molar-refractivity contribution < 1.29 is 14.5 Å². The van der Waals surface area contributed by atoms with Crippen LogP contribution in [0.4, 0.5) is 17.2 Å². The maximum absolute atomic E-state index is 11.6. The van der Waals surface area contributed by atoms with Crippen molar-refractivity contribution in [1.82, 2.24) is 4.98 Å². The van der Waals surface area contributed by atoms with Crippen molar-refractivity contribution in [3.05, 3.63) is 57.8 Å². The zero-order valence-electron chi connectivity index (χ0n) is 14.6. The number of methoxy groups -OCH3 is 1. The van der Waals surface area contributed by atoms with E-state index in [4.69, 9.17) is 0 Å². The van der Waals surface area contributed by atoms with Gasteiger partial charge in [-0.2, -0.15) is 0 Å². The number of anilines is 2. The van der Waals surface area contributed by atoms with Crippen LogP contribution in [0.15, 0.2) is 36.5 Å². The summed E-state index contributed by atoms with van der Waals surface area (Å²) in [5.74, 6) is -0.278. The third-order valence-corrected chi connectivity index (χ3v) is 4.60. The number of aromatic nitrogens is 1. The molecular formula is C18H20N4O4. The number of hydrogen-bond acceptors (Lipinski definition) is 7. The Bertz CT molecular complexity index is 840. The highest BCUT2D eigenvalue weighted by atomic mass is 16.6. The van der Waals surface area contributed by atoms with Gasteiger partial charge in [0.1, 0.15) is 0 Å². The fraction of sp³-hybridized carbons (Fsp3) is 0.333. The van der Waals surface area contributed by atoms with Gasteiger partial charge in [-0.25, -0.2) is 9.78 Å². The number of pyridine rings is 1. The summed E-state index contributed by atoms with van der Waals surface area (Å²) < 4.78 is 4.59. The van der Waals surface area contributed by atoms with Crippen LogP contribution in [-0.2, 0) is 4.74 Å². The molecule has 0 aliphatic carbocycles. The first kappa shape index (κ1) is 17.7. The predicted molar refractivity (Wildman–Crippen MR) is 97.8 cm³/mol. The molecule has 1 atom stereocenters. The molecule has 0 radical (unpaired) electrons. The first-order valence-electron chi connectivity index (χ1n) is 8.28. The molecule has 1 aromatic heterocycles. The second kappa shape index (κ2) is 7.38. The maximum atomic E-state index is 11.6. The smallest absolute Gasteiger partial charge is 0.339 e. The Morgan fingerprint density at radius 2 is 2.23 bits per heavy atom. The summed E-state index contributed by atoms with van der Waals surface area (Å²) in [5, 5.41) is 14.4. The molecule has 0 bridgehead atoms. The topological polar surface area (TPSA) is 97.6 Å². The van der Waals surface area contributed by atoms with Gasteiger partial charge in [-0.1, -0.05) is 18.2 Å². The summed E-state index contributed by atoms with van der Waals surface area (Å²) >= 11 is 0. The minimum Gasteiger partial charge on any atom is -0.465 e. The monoisotopic (exact) mass is 356 g/mol. The first-order valence-corrected chi connectivity index (χ1v) is 8.28. The average Bonchev–Trinajstić information content (AvgIpc) is 2.67. The van der Waals surface area contributed by atoms with Crippen LogP contribution in [0.5, 0.6) is 0 Å². The van der Waals surface area contributed by atoms with Gasteiger partial charge in [0.25, 0.3) is 0 Å². The molecule has 8 nitrogen and oxygen atoms in total. The van der Waals surface area contributed by atoms with Gasteiger partial charge in [-0.15, -0.1) is 0 Å². The molecule has 0 amide bonds. The van der Waals surface area contributed by atoms with Crippen molar-refractivity contribution in [2.24, 2.45) is 0 Å². The van der Waals surface area contributed by atoms with Crippen LogP contribution in [0.1, 0.15) is 28.3 Å². The lowest BCUT2D eigenvalue weighted by atomic mass is 9.90. The van der Waals surface area contributed by atoms with Crippen LogP contribution in [0.2, 0.25) is 0 Å². The number of esters is 1. The van der Waals surface area contributed by atoms with Gasteiger partial charge in [-0.05, 0) is 18.1 Å². The SMILES string of the molecule is COC(=O)c1cnc(NCC2CCN(C)c3ccccc32)c([N+](=O)[O-])c1. The molecule has 2 heterocycles. The molecule has 1 unspecified atom stereocenters. The number of ether oxygens (including phenoxy) is 1. The van der Waals surface area contributed by atoms with Gasteiger partial charge in [0.15, 0.2) is 0 Å². The van der Waals surface area contributed by atoms with Gasteiger partial charge >= 0.3 is 11.7 Å². The van der Waals surface area contributed by atoms with Crippen molar-refractivity contribution in [2.45, 2.75) is 12.3 Å². The van der Waals surface area contributed by atoms with Crippen molar-refractivity contribution in [3.63, 3.8) is 0 Å². The Balaban J connectivity index is 1.81. The lowest BCUT2D eigenvalue weighted by molar-refractivity contribution is -0.384. The molecule has 1 aromatic carbocycles. The van der Waals surface area contributed by atoms with E-state index in [0.29, 0.717) is 6.54 Å². The Morgan fingerprint density at radius 3 is 2.96 bits per heavy atom. The third kappa shape index (κ3) is 3.44. The number of nitrogens with one attached hydrogen (secondary N) is 1. The standard InChI is InChI=1S/C18H20N4O4/c1-21-8-7-12(14-5-3-4-6-15(14)21)10-19-17-16(22(24)25)9-13(11-20-17)18(23)26-2/h3-6,9,11-12H,7-8,10H2,1-2H3,(H,19,20). The van der Waals surface area contributed by atoms with Crippen LogP contribution in [0.3, 0.4) is 0 Å². The van der Waals surface area contributed by atoms with Gasteiger partial charge in [0.05, 0.1) is 17.6 Å². The number of hydrogen-bond donors (Lipinski definition) is 1. The van der Waals surface area contributed by atoms with Crippen molar-refractivity contribution in [1.29, 1.82) is 0 Å². The highest BCUT2D eigenvalue weighted by molar-refractivity contribution is 5.90. The van der Waals surface area contributed by atoms with E-state index in [-0.39, 0.29) is 23.0 Å². The lowest BCUT2D eigenvalue weighted by Crippen LogP contribution is -2.30. The largest absolute Gasteiger partial charge is 0.465 e. The second-order valence-corrected chi connectivity index (χ2v) is 6.19. The van der Waals surface area contributed by atoms with E-state index in [9.17, 15) is 14.9 Å². The Morgan fingerprint density at radius 1 is 1.46 bits per heavy atom. The number of rotatable bonds is 5. The van der Waals surface area contributed by atoms with E-state index >= 15 is 0 Å². The summed E-state index contributed by atoms with van der Waals surface area (Å²) in [6.07, 6.45) is 2.22. The molecule has 8 heteroatoms. The number of nitrogens with zero attached hydrogens (tertiary/aromatic N) is 3. The van der Waals surface area contributed by atoms with E-state index in [1.165, 1.54) is 30.6 Å². The molecule has 3 rings (SSSR count). The van der Waals surface area contributed by atoms with Gasteiger partial charge in [0.2, 0.25) is 5.82 Å². The minimum absolute atomic E-state index is 0.0504. The first-order chi connectivity index (χ1) is 12.5. The average molecular weight is 356 g/mol. The minimum atomic E-state index is -0.656. The number of benzene rings is 1. The number of carbonyl (C=O) groups excluding carboxylic acids is 1. The van der Waals surface area contributed by atoms with Crippen LogP contribution in [-0.4, -0.2) is 43.1 Å². The highest BCUT2D eigenvalue weighted by Crippen LogP contribution is 2.35. The van der Waals surface area contributed by atoms with E-state index in [1.54, 1.807) is 0 Å². The predicted octanol–water partition coefficient (Wildman–Crippen LogP) is 2.81. The highest BCUT2D eigenvalue weighted by Gasteiger charge is 2.25. The summed E-state index contributed by atoms with van der Waals surface area (Å²) in [6, 6.07) is 9.34. The van der Waals surface area contributed by atoms with Gasteiger partial charge < -0.3 is 15.0 Å². The zero-order chi connectivity index (χ0) is 18.7. The molecule has 0 saturated carbocycles. The molecule has 0 spiro atoms. The number of nitro groups is 1. The number of para-hydroxylation sites is 1. The van der Waals surface area contributed by atoms with Crippen molar-refractivity contribution in [2.75, 3.05) is 37.5 Å². The molecular weight excluding hydrogens is 336 g/mol. The summed E-state index contributed by atoms with van der Waals surface area (Å²) in [6.45, 7) is 1.44. The number of carbonyl (C=O) groups is 1. The molecule has 0 saturated heterocycles. The molecule has 26 heavy (non-hydrogen) atoms. The van der Waals surface area contributed by atoms with Crippen LogP contribution < -0.4 is 10.2 Å². The fourth-order valence-electron chi connectivity index (χ4n) is 3.20. The van der Waals surface area contributed by atoms with Gasteiger partial charge in [-0.3, -0.25) is 10.1 Å². The summed E-state index contributed by atoms with van der Waals surface area (Å²) in [4.78, 5) is 28.6. The molecule has 0 fully saturated rings. The van der Waals surface area contributed by atoms with E-state index in [0.717, 1.165) is 13.0 Å². The molecule has 136 valence electrons. The Labute approximate surface area is 150 Å². The molecule has 1 aliphatic rings. The van der Waals surface area contributed by atoms with E-state index in [1.807, 2.05) is 12.1 Å². The number of fused-ring (bicyclic) bond motifs is 1. The Hall–Kier alpha value is -3.16. The van der Waals surface area contributed by atoms with Crippen LogP contribution >= 0.6 is 0 Å². The fourth-order valence-corrected chi connectivity index (χ4v) is 3.20. The van der Waals surface area contributed by atoms with E-state index in [2.05, 4.69) is 39.1 Å². The van der Waals surface area contributed by atoms with Crippen LogP contribution in [0.25, 0.3) is 0 Å². The maximum Gasteiger partial charge on any atom is 0.339 e. The summed E-state index contributed by atoms with van der Waals surface area (Å²) in [7, 11) is 3.28. The summed E-state index contributed by atoms with van der Waals surface area (Å²) in [5.41, 5.74) is 2.19. The lowest BCUT2D eigenvalue weighted by Gasteiger charge is -2.33. The quantitative estimate of drug-likeness (QED) is 0.500. The van der Waals surface area contributed by atoms with Crippen LogP contribution in [0, 0.1) is 10.1 Å². The third-order valence-electron chi connectivity index (χ3n) is 4.60. The van der Waals surface area contributed by atoms with Crippen molar-refractivity contribution in [3.8, 4) is 0 Å². The molecule has 1 aliphatic heterocycles. The normalized spacial score (nSPS) is 15.9. The molecule has 2 aromatic rings. The second-order valence-electron chi connectivity index (χ2n) is 6.19. The Kier molecular flexibility index (Phi) is 5.01. The van der Waals surface area contributed by atoms with Gasteiger partial charge in [0, 0.05) is 44.0 Å². The zero-order valence-corrected chi connectivity index (χ0v) is 14.6.